The van der Waals surface area contributed by atoms with Gasteiger partial charge in [-0.15, -0.1) is 11.8 Å². The van der Waals surface area contributed by atoms with Gasteiger partial charge in [0.25, 0.3) is 0 Å². The summed E-state index contributed by atoms with van der Waals surface area (Å²) in [5.74, 6) is 1.87. The molecule has 3 rings (SSSR count). The van der Waals surface area contributed by atoms with Crippen LogP contribution in [-0.4, -0.2) is 23.5 Å². The van der Waals surface area contributed by atoms with Crippen LogP contribution >= 0.6 is 11.8 Å². The molecule has 0 bridgehead atoms. The first-order valence-corrected chi connectivity index (χ1v) is 8.44. The van der Waals surface area contributed by atoms with Gasteiger partial charge >= 0.3 is 0 Å². The number of nitrogens with one attached hydrogen (secondary N) is 1. The van der Waals surface area contributed by atoms with Crippen molar-refractivity contribution in [3.63, 3.8) is 0 Å². The van der Waals surface area contributed by atoms with Gasteiger partial charge < -0.3 is 10.4 Å². The van der Waals surface area contributed by atoms with E-state index in [9.17, 15) is 5.11 Å². The highest BCUT2D eigenvalue weighted by Crippen LogP contribution is 2.36. The van der Waals surface area contributed by atoms with Gasteiger partial charge in [-0.1, -0.05) is 24.6 Å². The Morgan fingerprint density at radius 2 is 2.11 bits per heavy atom. The Kier molecular flexibility index (Phi) is 4.46. The monoisotopic (exact) mass is 277 g/mol. The lowest BCUT2D eigenvalue weighted by atomic mass is 9.87. The zero-order chi connectivity index (χ0) is 13.1. The lowest BCUT2D eigenvalue weighted by Gasteiger charge is -2.30. The van der Waals surface area contributed by atoms with Crippen LogP contribution in [-0.2, 0) is 0 Å². The van der Waals surface area contributed by atoms with Crippen molar-refractivity contribution in [2.75, 3.05) is 12.3 Å². The predicted molar refractivity (Wildman–Crippen MR) is 80.5 cm³/mol. The molecule has 0 radical (unpaired) electrons. The summed E-state index contributed by atoms with van der Waals surface area (Å²) in [7, 11) is 0. The van der Waals surface area contributed by atoms with Crippen LogP contribution in [0.5, 0.6) is 0 Å². The van der Waals surface area contributed by atoms with Crippen LogP contribution in [0.2, 0.25) is 0 Å². The van der Waals surface area contributed by atoms with Crippen LogP contribution in [0.1, 0.15) is 43.7 Å². The topological polar surface area (TPSA) is 32.3 Å². The molecule has 1 aliphatic heterocycles. The number of thioether (sulfide) groups is 1. The summed E-state index contributed by atoms with van der Waals surface area (Å²) in [6.07, 6.45) is 5.60. The molecule has 1 aliphatic carbocycles. The molecule has 3 unspecified atom stereocenters. The number of fused-ring (bicyclic) bond motifs is 1. The first-order valence-electron chi connectivity index (χ1n) is 7.46. The minimum atomic E-state index is -0.0604. The Morgan fingerprint density at radius 1 is 1.21 bits per heavy atom. The first kappa shape index (κ1) is 13.5. The Morgan fingerprint density at radius 3 is 3.00 bits per heavy atom. The van der Waals surface area contributed by atoms with Gasteiger partial charge in [0.15, 0.2) is 0 Å². The molecule has 3 atom stereocenters. The molecule has 1 aromatic carbocycles. The normalized spacial score (nSPS) is 30.9. The van der Waals surface area contributed by atoms with Gasteiger partial charge in [0.2, 0.25) is 0 Å². The van der Waals surface area contributed by atoms with Crippen LogP contribution in [0, 0.1) is 5.92 Å². The van der Waals surface area contributed by atoms with E-state index in [-0.39, 0.29) is 6.10 Å². The number of rotatable bonds is 3. The second-order valence-corrected chi connectivity index (χ2v) is 6.96. The van der Waals surface area contributed by atoms with E-state index in [0.29, 0.717) is 12.0 Å². The smallest absolute Gasteiger partial charge is 0.0543 e. The van der Waals surface area contributed by atoms with Crippen LogP contribution in [0.3, 0.4) is 0 Å². The van der Waals surface area contributed by atoms with Crippen molar-refractivity contribution in [1.29, 1.82) is 0 Å². The summed E-state index contributed by atoms with van der Waals surface area (Å²) < 4.78 is 0. The van der Waals surface area contributed by atoms with E-state index >= 15 is 0 Å². The summed E-state index contributed by atoms with van der Waals surface area (Å²) >= 11 is 1.97. The minimum Gasteiger partial charge on any atom is -0.393 e. The van der Waals surface area contributed by atoms with Crippen LogP contribution in [0.25, 0.3) is 0 Å². The van der Waals surface area contributed by atoms with Gasteiger partial charge in [0.05, 0.1) is 6.10 Å². The van der Waals surface area contributed by atoms with Gasteiger partial charge in [0.1, 0.15) is 0 Å². The average Bonchev–Trinajstić information content (AvgIpc) is 2.45. The lowest BCUT2D eigenvalue weighted by molar-refractivity contribution is 0.0995. The zero-order valence-electron chi connectivity index (χ0n) is 11.3. The maximum atomic E-state index is 9.74. The van der Waals surface area contributed by atoms with Crippen molar-refractivity contribution in [3.8, 4) is 0 Å². The maximum Gasteiger partial charge on any atom is 0.0543 e. The molecule has 1 aromatic rings. The third-order valence-electron chi connectivity index (χ3n) is 4.37. The molecule has 19 heavy (non-hydrogen) atoms. The molecule has 1 saturated carbocycles. The second kappa shape index (κ2) is 6.29. The average molecular weight is 277 g/mol. The van der Waals surface area contributed by atoms with Crippen LogP contribution in [0.15, 0.2) is 29.2 Å². The molecule has 2 N–H and O–H groups in total. The number of hydrogen-bond donors (Lipinski definition) is 2. The van der Waals surface area contributed by atoms with Gasteiger partial charge in [-0.2, -0.15) is 0 Å². The Balaban J connectivity index is 1.59. The van der Waals surface area contributed by atoms with Crippen molar-refractivity contribution in [3.05, 3.63) is 29.8 Å². The SMILES string of the molecule is OC1CCCC(CNC2CCSc3ccccc32)C1. The largest absolute Gasteiger partial charge is 0.393 e. The van der Waals surface area contributed by atoms with Gasteiger partial charge in [-0.3, -0.25) is 0 Å². The summed E-state index contributed by atoms with van der Waals surface area (Å²) in [6, 6.07) is 9.28. The molecule has 2 nitrogen and oxygen atoms in total. The summed E-state index contributed by atoms with van der Waals surface area (Å²) in [5.41, 5.74) is 1.47. The Hall–Kier alpha value is -0.510. The molecule has 0 aromatic heterocycles. The summed E-state index contributed by atoms with van der Waals surface area (Å²) in [5, 5.41) is 13.5. The fourth-order valence-electron chi connectivity index (χ4n) is 3.31. The van der Waals surface area contributed by atoms with Gasteiger partial charge in [-0.05, 0) is 55.5 Å². The Labute approximate surface area is 120 Å². The zero-order valence-corrected chi connectivity index (χ0v) is 12.2. The number of aliphatic hydroxyl groups excluding tert-OH is 1. The van der Waals surface area contributed by atoms with Crippen molar-refractivity contribution in [2.24, 2.45) is 5.92 Å². The van der Waals surface area contributed by atoms with Crippen LogP contribution in [0.4, 0.5) is 0 Å². The van der Waals surface area contributed by atoms with Crippen molar-refractivity contribution >= 4 is 11.8 Å². The van der Waals surface area contributed by atoms with E-state index in [2.05, 4.69) is 29.6 Å². The van der Waals surface area contributed by atoms with Crippen molar-refractivity contribution in [2.45, 2.75) is 49.1 Å². The predicted octanol–water partition coefficient (Wildman–Crippen LogP) is 3.36. The molecule has 104 valence electrons. The highest BCUT2D eigenvalue weighted by Gasteiger charge is 2.23. The van der Waals surface area contributed by atoms with E-state index in [1.54, 1.807) is 0 Å². The van der Waals surface area contributed by atoms with E-state index in [1.807, 2.05) is 11.8 Å². The number of aliphatic hydroxyl groups is 1. The molecule has 0 saturated heterocycles. The van der Waals surface area contributed by atoms with Crippen LogP contribution < -0.4 is 5.32 Å². The summed E-state index contributed by atoms with van der Waals surface area (Å²) in [6.45, 7) is 1.06. The van der Waals surface area contributed by atoms with E-state index in [4.69, 9.17) is 0 Å². The lowest BCUT2D eigenvalue weighted by Crippen LogP contribution is -2.32. The molecule has 0 amide bonds. The number of hydrogen-bond acceptors (Lipinski definition) is 3. The second-order valence-electron chi connectivity index (χ2n) is 5.82. The van der Waals surface area contributed by atoms with E-state index < -0.39 is 0 Å². The van der Waals surface area contributed by atoms with Gasteiger partial charge in [0, 0.05) is 10.9 Å². The van der Waals surface area contributed by atoms with Crippen molar-refractivity contribution < 1.29 is 5.11 Å². The maximum absolute atomic E-state index is 9.74. The fraction of sp³-hybridized carbons (Fsp3) is 0.625. The molecule has 2 aliphatic rings. The highest BCUT2D eigenvalue weighted by molar-refractivity contribution is 7.99. The molecular formula is C16H23NOS. The van der Waals surface area contributed by atoms with E-state index in [1.165, 1.54) is 35.5 Å². The Bertz CT molecular complexity index is 423. The minimum absolute atomic E-state index is 0.0604. The van der Waals surface area contributed by atoms with E-state index in [0.717, 1.165) is 19.4 Å². The first-order chi connectivity index (χ1) is 9.33. The third-order valence-corrected chi connectivity index (χ3v) is 5.49. The molecule has 0 spiro atoms. The molecular weight excluding hydrogens is 254 g/mol. The summed E-state index contributed by atoms with van der Waals surface area (Å²) in [4.78, 5) is 1.44. The third kappa shape index (κ3) is 3.33. The quantitative estimate of drug-likeness (QED) is 0.888. The van der Waals surface area contributed by atoms with Crippen molar-refractivity contribution in [1.82, 2.24) is 5.32 Å². The van der Waals surface area contributed by atoms with Gasteiger partial charge in [-0.25, -0.2) is 0 Å². The molecule has 1 heterocycles. The molecule has 3 heteroatoms. The fourth-order valence-corrected chi connectivity index (χ4v) is 4.44. The standard InChI is InChI=1S/C16H23NOS/c18-13-5-3-4-12(10-13)11-17-15-8-9-19-16-7-2-1-6-14(15)16/h1-2,6-7,12-13,15,17-18H,3-5,8-11H2. The number of benzene rings is 1. The molecule has 1 fully saturated rings. The highest BCUT2D eigenvalue weighted by atomic mass is 32.2.